The molecule has 0 aromatic carbocycles. The van der Waals surface area contributed by atoms with Gasteiger partial charge in [-0.05, 0) is 26.1 Å². The molecule has 3 unspecified atom stereocenters. The third kappa shape index (κ3) is 5.47. The van der Waals surface area contributed by atoms with E-state index in [2.05, 4.69) is 5.32 Å². The van der Waals surface area contributed by atoms with Crippen molar-refractivity contribution in [2.45, 2.75) is 37.7 Å². The quantitative estimate of drug-likeness (QED) is 0.562. The van der Waals surface area contributed by atoms with Gasteiger partial charge in [-0.3, -0.25) is 4.79 Å². The van der Waals surface area contributed by atoms with E-state index < -0.39 is 0 Å². The highest BCUT2D eigenvalue weighted by Crippen LogP contribution is 2.15. The third-order valence-corrected chi connectivity index (χ3v) is 3.55. The molecule has 0 saturated heterocycles. The molecule has 4 N–H and O–H groups in total. The van der Waals surface area contributed by atoms with Gasteiger partial charge in [0.15, 0.2) is 0 Å². The molecule has 1 amide bonds. The van der Waals surface area contributed by atoms with Crippen molar-refractivity contribution in [2.24, 2.45) is 5.73 Å². The number of amides is 1. The zero-order chi connectivity index (χ0) is 11.1. The summed E-state index contributed by atoms with van der Waals surface area (Å²) in [6.07, 6.45) is 0.384. The summed E-state index contributed by atoms with van der Waals surface area (Å²) in [7, 11) is 1.72. The number of likely N-dealkylation sites (N-methyl/N-ethyl adjacent to an activating group) is 1. The Morgan fingerprint density at radius 1 is 1.57 bits per heavy atom. The number of nitrogens with one attached hydrogen (secondary N) is 1. The van der Waals surface area contributed by atoms with Crippen molar-refractivity contribution in [1.82, 2.24) is 5.32 Å². The summed E-state index contributed by atoms with van der Waals surface area (Å²) in [5.41, 5.74) is 5.16. The maximum Gasteiger partial charge on any atom is 0.234 e. The second-order valence-corrected chi connectivity index (χ2v) is 4.83. The fourth-order valence-electron chi connectivity index (χ4n) is 0.940. The lowest BCUT2D eigenvalue weighted by Gasteiger charge is -2.16. The highest BCUT2D eigenvalue weighted by molar-refractivity contribution is 7.99. The SMILES string of the molecule is CNC(CCSC(C)C(C)O)C(N)=O. The zero-order valence-electron chi connectivity index (χ0n) is 8.99. The Hall–Kier alpha value is -0.260. The van der Waals surface area contributed by atoms with Crippen molar-refractivity contribution < 1.29 is 9.90 Å². The molecule has 0 aliphatic heterocycles. The van der Waals surface area contributed by atoms with E-state index in [0.29, 0.717) is 6.42 Å². The minimum absolute atomic E-state index is 0.195. The van der Waals surface area contributed by atoms with Gasteiger partial charge < -0.3 is 16.2 Å². The number of thioether (sulfide) groups is 1. The molecular formula is C9H20N2O2S. The molecule has 14 heavy (non-hydrogen) atoms. The van der Waals surface area contributed by atoms with E-state index in [0.717, 1.165) is 5.75 Å². The predicted octanol–water partition coefficient (Wildman–Crippen LogP) is -0.0477. The summed E-state index contributed by atoms with van der Waals surface area (Å²) in [5.74, 6) is 0.498. The minimum atomic E-state index is -0.321. The summed E-state index contributed by atoms with van der Waals surface area (Å²) >= 11 is 1.65. The summed E-state index contributed by atoms with van der Waals surface area (Å²) in [6, 6.07) is -0.260. The average Bonchev–Trinajstić information content (AvgIpc) is 2.11. The first kappa shape index (κ1) is 13.7. The monoisotopic (exact) mass is 220 g/mol. The van der Waals surface area contributed by atoms with Gasteiger partial charge >= 0.3 is 0 Å². The summed E-state index contributed by atoms with van der Waals surface area (Å²) in [6.45, 7) is 3.73. The lowest BCUT2D eigenvalue weighted by molar-refractivity contribution is -0.119. The Balaban J connectivity index is 3.66. The van der Waals surface area contributed by atoms with Crippen molar-refractivity contribution in [1.29, 1.82) is 0 Å². The van der Waals surface area contributed by atoms with Crippen LogP contribution in [0.3, 0.4) is 0 Å². The fourth-order valence-corrected chi connectivity index (χ4v) is 1.96. The molecule has 0 rings (SSSR count). The van der Waals surface area contributed by atoms with Crippen LogP contribution in [0.25, 0.3) is 0 Å². The number of hydrogen-bond acceptors (Lipinski definition) is 4. The minimum Gasteiger partial charge on any atom is -0.392 e. The molecule has 0 aromatic heterocycles. The van der Waals surface area contributed by atoms with Gasteiger partial charge in [-0.1, -0.05) is 6.92 Å². The van der Waals surface area contributed by atoms with Gasteiger partial charge in [0.2, 0.25) is 5.91 Å². The van der Waals surface area contributed by atoms with Crippen LogP contribution in [0.2, 0.25) is 0 Å². The summed E-state index contributed by atoms with van der Waals surface area (Å²) < 4.78 is 0. The van der Waals surface area contributed by atoms with E-state index in [-0.39, 0.29) is 23.3 Å². The molecule has 0 heterocycles. The van der Waals surface area contributed by atoms with Gasteiger partial charge in [-0.15, -0.1) is 0 Å². The normalized spacial score (nSPS) is 17.4. The standard InChI is InChI=1S/C9H20N2O2S/c1-6(12)7(2)14-5-4-8(11-3)9(10)13/h6-8,11-12H,4-5H2,1-3H3,(H2,10,13). The van der Waals surface area contributed by atoms with E-state index in [4.69, 9.17) is 5.73 Å². The van der Waals surface area contributed by atoms with Crippen molar-refractivity contribution in [3.8, 4) is 0 Å². The molecular weight excluding hydrogens is 200 g/mol. The lowest BCUT2D eigenvalue weighted by Crippen LogP contribution is -2.39. The Bertz CT molecular complexity index is 176. The van der Waals surface area contributed by atoms with Gasteiger partial charge in [0.05, 0.1) is 12.1 Å². The van der Waals surface area contributed by atoms with Crippen LogP contribution in [0.5, 0.6) is 0 Å². The molecule has 84 valence electrons. The Morgan fingerprint density at radius 3 is 2.50 bits per heavy atom. The van der Waals surface area contributed by atoms with E-state index in [1.807, 2.05) is 6.92 Å². The largest absolute Gasteiger partial charge is 0.392 e. The summed E-state index contributed by atoms with van der Waals surface area (Å²) in [4.78, 5) is 10.8. The van der Waals surface area contributed by atoms with Crippen LogP contribution in [0, 0.1) is 0 Å². The highest BCUT2D eigenvalue weighted by atomic mass is 32.2. The van der Waals surface area contributed by atoms with Gasteiger partial charge in [-0.2, -0.15) is 11.8 Å². The predicted molar refractivity (Wildman–Crippen MR) is 60.3 cm³/mol. The van der Waals surface area contributed by atoms with Crippen LogP contribution in [-0.2, 0) is 4.79 Å². The number of nitrogens with two attached hydrogens (primary N) is 1. The molecule has 0 bridgehead atoms. The lowest BCUT2D eigenvalue weighted by atomic mass is 10.2. The number of aliphatic hydroxyl groups is 1. The molecule has 0 saturated carbocycles. The van der Waals surface area contributed by atoms with E-state index in [1.165, 1.54) is 0 Å². The Morgan fingerprint density at radius 2 is 2.14 bits per heavy atom. The first-order valence-electron chi connectivity index (χ1n) is 4.75. The molecule has 3 atom stereocenters. The van der Waals surface area contributed by atoms with Crippen molar-refractivity contribution in [2.75, 3.05) is 12.8 Å². The number of hydrogen-bond donors (Lipinski definition) is 3. The van der Waals surface area contributed by atoms with Crippen LogP contribution in [0.4, 0.5) is 0 Å². The Kier molecular flexibility index (Phi) is 6.96. The number of primary amides is 1. The first-order chi connectivity index (χ1) is 6.49. The van der Waals surface area contributed by atoms with Gasteiger partial charge in [0, 0.05) is 5.25 Å². The number of carbonyl (C=O) groups excluding carboxylic acids is 1. The van der Waals surface area contributed by atoms with Crippen LogP contribution in [-0.4, -0.2) is 41.2 Å². The molecule has 0 aliphatic rings. The molecule has 0 aromatic rings. The molecule has 0 radical (unpaired) electrons. The number of rotatable bonds is 7. The molecule has 0 aliphatic carbocycles. The van der Waals surface area contributed by atoms with E-state index >= 15 is 0 Å². The van der Waals surface area contributed by atoms with Crippen LogP contribution in [0.15, 0.2) is 0 Å². The second kappa shape index (κ2) is 7.09. The molecule has 0 spiro atoms. The smallest absolute Gasteiger partial charge is 0.234 e. The van der Waals surface area contributed by atoms with Crippen LogP contribution in [0.1, 0.15) is 20.3 Å². The average molecular weight is 220 g/mol. The number of carbonyl (C=O) groups is 1. The topological polar surface area (TPSA) is 75.3 Å². The van der Waals surface area contributed by atoms with Crippen molar-refractivity contribution >= 4 is 17.7 Å². The zero-order valence-corrected chi connectivity index (χ0v) is 9.80. The maximum atomic E-state index is 10.8. The third-order valence-electron chi connectivity index (χ3n) is 2.16. The van der Waals surface area contributed by atoms with Gasteiger partial charge in [0.25, 0.3) is 0 Å². The Labute approximate surface area is 89.6 Å². The second-order valence-electron chi connectivity index (χ2n) is 3.35. The van der Waals surface area contributed by atoms with E-state index in [1.54, 1.807) is 25.7 Å². The highest BCUT2D eigenvalue weighted by Gasteiger charge is 2.14. The number of aliphatic hydroxyl groups excluding tert-OH is 1. The fraction of sp³-hybridized carbons (Fsp3) is 0.889. The van der Waals surface area contributed by atoms with Gasteiger partial charge in [0.1, 0.15) is 0 Å². The van der Waals surface area contributed by atoms with Crippen LogP contribution >= 0.6 is 11.8 Å². The van der Waals surface area contributed by atoms with Crippen molar-refractivity contribution in [3.63, 3.8) is 0 Å². The first-order valence-corrected chi connectivity index (χ1v) is 5.80. The van der Waals surface area contributed by atoms with Crippen molar-refractivity contribution in [3.05, 3.63) is 0 Å². The van der Waals surface area contributed by atoms with Gasteiger partial charge in [-0.25, -0.2) is 0 Å². The van der Waals surface area contributed by atoms with Crippen LogP contribution < -0.4 is 11.1 Å². The molecule has 0 fully saturated rings. The molecule has 5 heteroatoms. The summed E-state index contributed by atoms with van der Waals surface area (Å²) in [5, 5.41) is 12.3. The van der Waals surface area contributed by atoms with E-state index in [9.17, 15) is 9.90 Å². The molecule has 4 nitrogen and oxygen atoms in total. The maximum absolute atomic E-state index is 10.8.